The molecule has 2 saturated carbocycles. The third kappa shape index (κ3) is 2.65. The van der Waals surface area contributed by atoms with Gasteiger partial charge in [0, 0.05) is 11.3 Å². The summed E-state index contributed by atoms with van der Waals surface area (Å²) in [6.07, 6.45) is 5.48. The first-order valence-corrected chi connectivity index (χ1v) is 11.0. The van der Waals surface area contributed by atoms with Gasteiger partial charge < -0.3 is 5.32 Å². The molecule has 2 aromatic carbocycles. The van der Waals surface area contributed by atoms with Crippen molar-refractivity contribution in [3.63, 3.8) is 0 Å². The molecule has 1 heterocycles. The van der Waals surface area contributed by atoms with Crippen LogP contribution < -0.4 is 10.2 Å². The maximum absolute atomic E-state index is 13.3. The second-order valence-corrected chi connectivity index (χ2v) is 9.49. The first-order chi connectivity index (χ1) is 14.9. The lowest BCUT2D eigenvalue weighted by atomic mass is 9.63. The molecular weight excluding hydrogens is 388 g/mol. The van der Waals surface area contributed by atoms with Crippen LogP contribution in [0, 0.1) is 49.4 Å². The summed E-state index contributed by atoms with van der Waals surface area (Å²) in [5.41, 5.74) is 3.79. The van der Waals surface area contributed by atoms with Gasteiger partial charge in [-0.1, -0.05) is 35.9 Å². The minimum atomic E-state index is -0.256. The Balaban J connectivity index is 1.28. The number of carbonyl (C=O) groups excluding carboxylic acids is 3. The highest BCUT2D eigenvalue weighted by molar-refractivity contribution is 6.23. The van der Waals surface area contributed by atoms with Gasteiger partial charge in [-0.25, -0.2) is 4.90 Å². The fourth-order valence-electron chi connectivity index (χ4n) is 6.15. The fourth-order valence-corrected chi connectivity index (χ4v) is 6.15. The number of nitrogens with one attached hydrogen (secondary N) is 1. The van der Waals surface area contributed by atoms with Crippen LogP contribution in [-0.2, 0) is 9.59 Å². The third-order valence-electron chi connectivity index (χ3n) is 7.66. The summed E-state index contributed by atoms with van der Waals surface area (Å²) in [7, 11) is 0. The van der Waals surface area contributed by atoms with Crippen LogP contribution in [0.1, 0.15) is 27.9 Å². The monoisotopic (exact) mass is 412 g/mol. The van der Waals surface area contributed by atoms with Crippen LogP contribution in [0.15, 0.2) is 54.6 Å². The smallest absolute Gasteiger partial charge is 0.255 e. The number of carbonyl (C=O) groups is 3. The molecule has 4 aliphatic carbocycles. The topological polar surface area (TPSA) is 66.5 Å². The van der Waals surface area contributed by atoms with Crippen molar-refractivity contribution in [2.75, 3.05) is 10.2 Å². The number of nitrogens with zero attached hydrogens (tertiary/aromatic N) is 1. The Kier molecular flexibility index (Phi) is 3.83. The zero-order chi connectivity index (χ0) is 21.4. The van der Waals surface area contributed by atoms with Crippen LogP contribution in [0.4, 0.5) is 11.4 Å². The second-order valence-electron chi connectivity index (χ2n) is 9.49. The number of benzene rings is 2. The van der Waals surface area contributed by atoms with E-state index in [1.165, 1.54) is 4.90 Å². The molecule has 6 atom stereocenters. The highest BCUT2D eigenvalue weighted by Crippen LogP contribution is 2.65. The minimum absolute atomic E-state index is 0.105. The first-order valence-electron chi connectivity index (χ1n) is 11.0. The van der Waals surface area contributed by atoms with Crippen LogP contribution in [-0.4, -0.2) is 17.7 Å². The number of hydrogen-bond donors (Lipinski definition) is 1. The Morgan fingerprint density at radius 3 is 2.26 bits per heavy atom. The highest BCUT2D eigenvalue weighted by Gasteiger charge is 2.67. The number of amides is 3. The Morgan fingerprint density at radius 2 is 1.61 bits per heavy atom. The van der Waals surface area contributed by atoms with Crippen molar-refractivity contribution < 1.29 is 14.4 Å². The molecule has 1 saturated heterocycles. The summed E-state index contributed by atoms with van der Waals surface area (Å²) in [5.74, 6) is 0.588. The van der Waals surface area contributed by atoms with E-state index >= 15 is 0 Å². The SMILES string of the molecule is Cc1ccc(NC(=O)c2cccc(N3C(=O)C4C5C=CC(C6CC56)C4C3=O)c2)c(C)c1. The molecule has 2 bridgehead atoms. The second kappa shape index (κ2) is 6.39. The molecule has 1 N–H and O–H groups in total. The van der Waals surface area contributed by atoms with E-state index in [2.05, 4.69) is 17.5 Å². The summed E-state index contributed by atoms with van der Waals surface area (Å²) in [4.78, 5) is 40.9. The van der Waals surface area contributed by atoms with Crippen molar-refractivity contribution in [2.45, 2.75) is 20.3 Å². The van der Waals surface area contributed by atoms with Gasteiger partial charge in [0.05, 0.1) is 17.5 Å². The van der Waals surface area contributed by atoms with Gasteiger partial charge in [0.1, 0.15) is 0 Å². The zero-order valence-corrected chi connectivity index (χ0v) is 17.5. The summed E-state index contributed by atoms with van der Waals surface area (Å²) in [6.45, 7) is 3.96. The van der Waals surface area contributed by atoms with Crippen LogP contribution in [0.3, 0.4) is 0 Å². The predicted octanol–water partition coefficient (Wildman–Crippen LogP) is 4.11. The third-order valence-corrected chi connectivity index (χ3v) is 7.66. The molecule has 7 rings (SSSR count). The number of aryl methyl sites for hydroxylation is 2. The largest absolute Gasteiger partial charge is 0.322 e. The van der Waals surface area contributed by atoms with Crippen LogP contribution in [0.2, 0.25) is 0 Å². The summed E-state index contributed by atoms with van der Waals surface area (Å²) < 4.78 is 0. The van der Waals surface area contributed by atoms with Gasteiger partial charge in [-0.3, -0.25) is 14.4 Å². The summed E-state index contributed by atoms with van der Waals surface area (Å²) >= 11 is 0. The van der Waals surface area contributed by atoms with Gasteiger partial charge in [-0.05, 0) is 73.8 Å². The zero-order valence-electron chi connectivity index (χ0n) is 17.5. The van der Waals surface area contributed by atoms with Gasteiger partial charge in [-0.15, -0.1) is 0 Å². The number of imide groups is 1. The normalized spacial score (nSPS) is 32.1. The van der Waals surface area contributed by atoms with Crippen LogP contribution >= 0.6 is 0 Å². The molecule has 6 unspecified atom stereocenters. The van der Waals surface area contributed by atoms with E-state index in [1.54, 1.807) is 24.3 Å². The van der Waals surface area contributed by atoms with E-state index in [1.807, 2.05) is 32.0 Å². The van der Waals surface area contributed by atoms with E-state index < -0.39 is 0 Å². The molecular formula is C26H24N2O3. The van der Waals surface area contributed by atoms with Gasteiger partial charge in [0.15, 0.2) is 0 Å². The van der Waals surface area contributed by atoms with Gasteiger partial charge in [0.25, 0.3) is 5.91 Å². The van der Waals surface area contributed by atoms with Crippen molar-refractivity contribution in [3.8, 4) is 0 Å². The molecule has 5 nitrogen and oxygen atoms in total. The van der Waals surface area contributed by atoms with Gasteiger partial charge in [-0.2, -0.15) is 0 Å². The molecule has 1 aliphatic heterocycles. The average Bonchev–Trinajstić information content (AvgIpc) is 3.53. The standard InChI is InChI=1S/C26H24N2O3/c1-13-6-9-21(14(2)10-13)27-24(29)15-4-3-5-16(11-15)28-25(30)22-17-7-8-18(20-12-19(17)20)23(22)26(28)31/h3-11,17-20,22-23H,12H2,1-2H3,(H,27,29). The van der Waals surface area contributed by atoms with E-state index in [4.69, 9.17) is 0 Å². The molecule has 2 aromatic rings. The van der Waals surface area contributed by atoms with Crippen molar-refractivity contribution in [3.05, 3.63) is 71.3 Å². The Labute approximate surface area is 181 Å². The molecule has 0 radical (unpaired) electrons. The molecule has 156 valence electrons. The lowest BCUT2D eigenvalue weighted by Gasteiger charge is -2.37. The van der Waals surface area contributed by atoms with Gasteiger partial charge >= 0.3 is 0 Å². The molecule has 3 amide bonds. The molecule has 5 heteroatoms. The fraction of sp³-hybridized carbons (Fsp3) is 0.346. The minimum Gasteiger partial charge on any atom is -0.322 e. The summed E-state index contributed by atoms with van der Waals surface area (Å²) in [5, 5.41) is 2.94. The van der Waals surface area contributed by atoms with Crippen LogP contribution in [0.25, 0.3) is 0 Å². The number of rotatable bonds is 3. The highest BCUT2D eigenvalue weighted by atomic mass is 16.2. The van der Waals surface area contributed by atoms with E-state index in [0.717, 1.165) is 23.2 Å². The maximum atomic E-state index is 13.3. The number of hydrogen-bond acceptors (Lipinski definition) is 3. The van der Waals surface area contributed by atoms with Crippen molar-refractivity contribution in [1.29, 1.82) is 0 Å². The molecule has 5 aliphatic rings. The first kappa shape index (κ1) is 18.6. The van der Waals surface area contributed by atoms with Crippen molar-refractivity contribution in [2.24, 2.45) is 35.5 Å². The number of allylic oxidation sites excluding steroid dienone is 2. The van der Waals surface area contributed by atoms with Crippen molar-refractivity contribution in [1.82, 2.24) is 0 Å². The quantitative estimate of drug-likeness (QED) is 0.609. The predicted molar refractivity (Wildman–Crippen MR) is 118 cm³/mol. The van der Waals surface area contributed by atoms with E-state index in [0.29, 0.717) is 23.1 Å². The van der Waals surface area contributed by atoms with E-state index in [-0.39, 0.29) is 41.4 Å². The lowest BCUT2D eigenvalue weighted by Crippen LogP contribution is -2.40. The maximum Gasteiger partial charge on any atom is 0.255 e. The lowest BCUT2D eigenvalue weighted by molar-refractivity contribution is -0.124. The average molecular weight is 412 g/mol. The molecule has 0 spiro atoms. The Morgan fingerprint density at radius 1 is 0.935 bits per heavy atom. The van der Waals surface area contributed by atoms with E-state index in [9.17, 15) is 14.4 Å². The Bertz CT molecular complexity index is 1150. The summed E-state index contributed by atoms with van der Waals surface area (Å²) in [6, 6.07) is 12.7. The van der Waals surface area contributed by atoms with Crippen LogP contribution in [0.5, 0.6) is 0 Å². The Hall–Kier alpha value is -3.21. The molecule has 0 aromatic heterocycles. The molecule has 3 fully saturated rings. The number of anilines is 2. The van der Waals surface area contributed by atoms with Crippen molar-refractivity contribution >= 4 is 29.1 Å². The van der Waals surface area contributed by atoms with Gasteiger partial charge in [0.2, 0.25) is 11.8 Å². The molecule has 31 heavy (non-hydrogen) atoms.